The van der Waals surface area contributed by atoms with Crippen molar-refractivity contribution in [2.45, 2.75) is 5.16 Å². The van der Waals surface area contributed by atoms with E-state index in [1.807, 2.05) is 54.6 Å². The lowest BCUT2D eigenvalue weighted by molar-refractivity contribution is -0.113. The quantitative estimate of drug-likeness (QED) is 0.456. The molecule has 0 spiro atoms. The average Bonchev–Trinajstić information content (AvgIpc) is 3.23. The highest BCUT2D eigenvalue weighted by Crippen LogP contribution is 2.22. The van der Waals surface area contributed by atoms with E-state index in [1.54, 1.807) is 16.8 Å². The molecule has 0 aliphatic heterocycles. The van der Waals surface area contributed by atoms with Crippen LogP contribution in [0.4, 0.5) is 5.69 Å². The third-order valence-electron chi connectivity index (χ3n) is 4.12. The summed E-state index contributed by atoms with van der Waals surface area (Å²) >= 11 is 7.18. The van der Waals surface area contributed by atoms with Crippen LogP contribution in [0, 0.1) is 0 Å². The number of amides is 1. The second-order valence-electron chi connectivity index (χ2n) is 6.13. The maximum absolute atomic E-state index is 12.3. The average molecular weight is 422 g/mol. The van der Waals surface area contributed by atoms with Gasteiger partial charge in [0.05, 0.1) is 11.4 Å². The minimum absolute atomic E-state index is 0.131. The van der Waals surface area contributed by atoms with Crippen molar-refractivity contribution in [2.24, 2.45) is 0 Å². The number of aromatic nitrogens is 4. The summed E-state index contributed by atoms with van der Waals surface area (Å²) in [5, 5.41) is 15.7. The fraction of sp³-hybridized carbons (Fsp3) is 0.0476. The van der Waals surface area contributed by atoms with Crippen LogP contribution in [0.3, 0.4) is 0 Å². The van der Waals surface area contributed by atoms with Gasteiger partial charge in [0.25, 0.3) is 0 Å². The Morgan fingerprint density at radius 1 is 0.931 bits per heavy atom. The van der Waals surface area contributed by atoms with E-state index in [0.717, 1.165) is 22.5 Å². The van der Waals surface area contributed by atoms with Crippen LogP contribution in [0.1, 0.15) is 0 Å². The molecule has 1 heterocycles. The molecule has 0 bridgehead atoms. The van der Waals surface area contributed by atoms with Crippen molar-refractivity contribution >= 4 is 35.0 Å². The Bertz CT molecular complexity index is 1100. The Balaban J connectivity index is 1.36. The first-order valence-corrected chi connectivity index (χ1v) is 10.2. The molecule has 0 unspecified atom stereocenters. The number of tetrazole rings is 1. The summed E-state index contributed by atoms with van der Waals surface area (Å²) < 4.78 is 1.57. The molecule has 1 N–H and O–H groups in total. The molecule has 4 rings (SSSR count). The third-order valence-corrected chi connectivity index (χ3v) is 5.29. The highest BCUT2D eigenvalue weighted by Gasteiger charge is 2.12. The molecule has 0 saturated carbocycles. The highest BCUT2D eigenvalue weighted by atomic mass is 35.5. The predicted molar refractivity (Wildman–Crippen MR) is 115 cm³/mol. The summed E-state index contributed by atoms with van der Waals surface area (Å²) in [5.41, 5.74) is 3.75. The standard InChI is InChI=1S/C21H16ClN5OS/c22-17-8-12-19(13-9-17)27-21(24-25-26-27)29-14-20(28)23-18-10-6-16(7-11-18)15-4-2-1-3-5-15/h1-13H,14H2,(H,23,28). The minimum atomic E-state index is -0.131. The molecule has 0 radical (unpaired) electrons. The molecule has 29 heavy (non-hydrogen) atoms. The molecule has 4 aromatic rings. The van der Waals surface area contributed by atoms with E-state index in [1.165, 1.54) is 11.8 Å². The van der Waals surface area contributed by atoms with Gasteiger partial charge in [0.2, 0.25) is 11.1 Å². The molecule has 1 aromatic heterocycles. The largest absolute Gasteiger partial charge is 0.325 e. The lowest BCUT2D eigenvalue weighted by Crippen LogP contribution is -2.14. The van der Waals surface area contributed by atoms with Crippen molar-refractivity contribution in [3.05, 3.63) is 83.9 Å². The summed E-state index contributed by atoms with van der Waals surface area (Å²) in [7, 11) is 0. The molecule has 1 amide bonds. The van der Waals surface area contributed by atoms with Crippen LogP contribution in [0.25, 0.3) is 16.8 Å². The van der Waals surface area contributed by atoms with Gasteiger partial charge in [-0.2, -0.15) is 4.68 Å². The normalized spacial score (nSPS) is 10.7. The molecule has 0 atom stereocenters. The number of benzene rings is 3. The van der Waals surface area contributed by atoms with E-state index < -0.39 is 0 Å². The number of nitrogens with zero attached hydrogens (tertiary/aromatic N) is 4. The molecule has 3 aromatic carbocycles. The monoisotopic (exact) mass is 421 g/mol. The molecular formula is C21H16ClN5OS. The fourth-order valence-electron chi connectivity index (χ4n) is 2.72. The molecule has 0 aliphatic carbocycles. The van der Waals surface area contributed by atoms with Crippen molar-refractivity contribution in [2.75, 3.05) is 11.1 Å². The zero-order chi connectivity index (χ0) is 20.1. The smallest absolute Gasteiger partial charge is 0.234 e. The Labute approximate surface area is 176 Å². The molecule has 0 fully saturated rings. The molecule has 0 saturated heterocycles. The van der Waals surface area contributed by atoms with Gasteiger partial charge < -0.3 is 5.32 Å². The molecule has 6 nitrogen and oxygen atoms in total. The topological polar surface area (TPSA) is 72.7 Å². The maximum Gasteiger partial charge on any atom is 0.234 e. The number of halogens is 1. The van der Waals surface area contributed by atoms with E-state index in [4.69, 9.17) is 11.6 Å². The van der Waals surface area contributed by atoms with Gasteiger partial charge in [-0.3, -0.25) is 4.79 Å². The Morgan fingerprint density at radius 2 is 1.62 bits per heavy atom. The lowest BCUT2D eigenvalue weighted by atomic mass is 10.1. The third kappa shape index (κ3) is 4.82. The molecule has 8 heteroatoms. The van der Waals surface area contributed by atoms with Gasteiger partial charge in [0.15, 0.2) is 0 Å². The first-order valence-electron chi connectivity index (χ1n) is 8.81. The number of anilines is 1. The Kier molecular flexibility index (Phi) is 5.88. The maximum atomic E-state index is 12.3. The van der Waals surface area contributed by atoms with Crippen molar-refractivity contribution in [3.8, 4) is 16.8 Å². The Hall–Kier alpha value is -3.16. The van der Waals surface area contributed by atoms with Gasteiger partial charge in [-0.05, 0) is 58.0 Å². The number of hydrogen-bond acceptors (Lipinski definition) is 5. The van der Waals surface area contributed by atoms with Crippen molar-refractivity contribution < 1.29 is 4.79 Å². The second kappa shape index (κ2) is 8.89. The van der Waals surface area contributed by atoms with E-state index in [-0.39, 0.29) is 11.7 Å². The van der Waals surface area contributed by atoms with E-state index in [9.17, 15) is 4.79 Å². The van der Waals surface area contributed by atoms with Gasteiger partial charge in [-0.1, -0.05) is 65.8 Å². The predicted octanol–water partition coefficient (Wildman–Crippen LogP) is 4.71. The van der Waals surface area contributed by atoms with Crippen LogP contribution < -0.4 is 5.32 Å². The number of rotatable bonds is 6. The number of thioether (sulfide) groups is 1. The summed E-state index contributed by atoms with van der Waals surface area (Å²) in [5.74, 6) is 0.0575. The highest BCUT2D eigenvalue weighted by molar-refractivity contribution is 7.99. The van der Waals surface area contributed by atoms with E-state index in [0.29, 0.717) is 10.2 Å². The Morgan fingerprint density at radius 3 is 2.34 bits per heavy atom. The SMILES string of the molecule is O=C(CSc1nnnn1-c1ccc(Cl)cc1)Nc1ccc(-c2ccccc2)cc1. The van der Waals surface area contributed by atoms with Gasteiger partial charge in [0.1, 0.15) is 0 Å². The first-order chi connectivity index (χ1) is 14.2. The fourth-order valence-corrected chi connectivity index (χ4v) is 3.53. The van der Waals surface area contributed by atoms with Gasteiger partial charge in [-0.15, -0.1) is 5.10 Å². The summed E-state index contributed by atoms with van der Waals surface area (Å²) in [6.45, 7) is 0. The van der Waals surface area contributed by atoms with Crippen LogP contribution in [-0.4, -0.2) is 31.9 Å². The van der Waals surface area contributed by atoms with Gasteiger partial charge in [0, 0.05) is 10.7 Å². The number of hydrogen-bond donors (Lipinski definition) is 1. The summed E-state index contributed by atoms with van der Waals surface area (Å²) in [4.78, 5) is 12.3. The number of carbonyl (C=O) groups excluding carboxylic acids is 1. The van der Waals surface area contributed by atoms with Crippen LogP contribution in [0.5, 0.6) is 0 Å². The van der Waals surface area contributed by atoms with Crippen LogP contribution in [0.15, 0.2) is 84.0 Å². The lowest BCUT2D eigenvalue weighted by Gasteiger charge is -2.07. The summed E-state index contributed by atoms with van der Waals surface area (Å²) in [6, 6.07) is 25.0. The van der Waals surface area contributed by atoms with E-state index in [2.05, 4.69) is 33.0 Å². The zero-order valence-corrected chi connectivity index (χ0v) is 16.8. The van der Waals surface area contributed by atoms with Gasteiger partial charge >= 0.3 is 0 Å². The van der Waals surface area contributed by atoms with E-state index >= 15 is 0 Å². The van der Waals surface area contributed by atoms with Crippen molar-refractivity contribution in [1.82, 2.24) is 20.2 Å². The van der Waals surface area contributed by atoms with Crippen LogP contribution in [-0.2, 0) is 4.79 Å². The number of nitrogens with one attached hydrogen (secondary N) is 1. The molecule has 0 aliphatic rings. The van der Waals surface area contributed by atoms with Gasteiger partial charge in [-0.25, -0.2) is 0 Å². The first kappa shape index (κ1) is 19.2. The van der Waals surface area contributed by atoms with Crippen LogP contribution in [0.2, 0.25) is 5.02 Å². The summed E-state index contributed by atoms with van der Waals surface area (Å²) in [6.07, 6.45) is 0. The van der Waals surface area contributed by atoms with Crippen molar-refractivity contribution in [3.63, 3.8) is 0 Å². The second-order valence-corrected chi connectivity index (χ2v) is 7.51. The number of carbonyl (C=O) groups is 1. The molecular weight excluding hydrogens is 406 g/mol. The van der Waals surface area contributed by atoms with Crippen molar-refractivity contribution in [1.29, 1.82) is 0 Å². The zero-order valence-electron chi connectivity index (χ0n) is 15.2. The minimum Gasteiger partial charge on any atom is -0.325 e. The molecule has 144 valence electrons. The van der Waals surface area contributed by atoms with Crippen LogP contribution >= 0.6 is 23.4 Å².